The van der Waals surface area contributed by atoms with Gasteiger partial charge in [0, 0.05) is 43.1 Å². The topological polar surface area (TPSA) is 37.0 Å². The second-order valence-corrected chi connectivity index (χ2v) is 7.50. The Hall–Kier alpha value is -2.47. The summed E-state index contributed by atoms with van der Waals surface area (Å²) in [5.41, 5.74) is 3.49. The van der Waals surface area contributed by atoms with Crippen molar-refractivity contribution in [3.8, 4) is 11.5 Å². The zero-order valence-corrected chi connectivity index (χ0v) is 16.6. The van der Waals surface area contributed by atoms with Gasteiger partial charge in [0.2, 0.25) is 0 Å². The van der Waals surface area contributed by atoms with Gasteiger partial charge < -0.3 is 24.6 Å². The average molecular weight is 384 g/mol. The Balaban J connectivity index is 1.38. The highest BCUT2D eigenvalue weighted by Crippen LogP contribution is 2.32. The average Bonchev–Trinajstić information content (AvgIpc) is 2.68. The van der Waals surface area contributed by atoms with Gasteiger partial charge in [0.1, 0.15) is 13.2 Å². The van der Waals surface area contributed by atoms with Crippen LogP contribution in [-0.4, -0.2) is 48.9 Å². The van der Waals surface area contributed by atoms with Crippen molar-refractivity contribution in [3.05, 3.63) is 48.0 Å². The van der Waals surface area contributed by atoms with Crippen molar-refractivity contribution >= 4 is 28.7 Å². The maximum Gasteiger partial charge on any atom is 0.173 e. The molecule has 1 atom stereocenters. The summed E-state index contributed by atoms with van der Waals surface area (Å²) in [5, 5.41) is 4.10. The van der Waals surface area contributed by atoms with Gasteiger partial charge in [-0.1, -0.05) is 17.7 Å². The molecule has 1 saturated heterocycles. The number of ether oxygens (including phenoxy) is 2. The number of anilines is 2. The molecule has 0 aromatic heterocycles. The molecule has 2 aromatic carbocycles. The summed E-state index contributed by atoms with van der Waals surface area (Å²) in [6.45, 7) is 8.29. The number of benzene rings is 2. The molecule has 2 aliphatic rings. The summed E-state index contributed by atoms with van der Waals surface area (Å²) in [6, 6.07) is 15.0. The van der Waals surface area contributed by atoms with E-state index in [-0.39, 0.29) is 0 Å². The normalized spacial score (nSPS) is 19.0. The molecule has 2 heterocycles. The van der Waals surface area contributed by atoms with E-state index < -0.39 is 0 Å². The van der Waals surface area contributed by atoms with Gasteiger partial charge in [-0.2, -0.15) is 0 Å². The molecule has 27 heavy (non-hydrogen) atoms. The number of aryl methyl sites for hydroxylation is 1. The van der Waals surface area contributed by atoms with Crippen molar-refractivity contribution < 1.29 is 9.47 Å². The van der Waals surface area contributed by atoms with Gasteiger partial charge >= 0.3 is 0 Å². The van der Waals surface area contributed by atoms with Crippen LogP contribution in [0.1, 0.15) is 12.5 Å². The maximum atomic E-state index is 5.66. The fourth-order valence-corrected chi connectivity index (χ4v) is 3.87. The maximum absolute atomic E-state index is 5.66. The molecular formula is C21H25N3O2S. The number of nitrogens with zero attached hydrogens (tertiary/aromatic N) is 2. The first-order valence-corrected chi connectivity index (χ1v) is 9.80. The summed E-state index contributed by atoms with van der Waals surface area (Å²) in [4.78, 5) is 4.68. The summed E-state index contributed by atoms with van der Waals surface area (Å²) in [5.74, 6) is 1.56. The van der Waals surface area contributed by atoms with Gasteiger partial charge in [0.05, 0.1) is 0 Å². The Kier molecular flexibility index (Phi) is 5.07. The minimum Gasteiger partial charge on any atom is -0.486 e. The molecule has 0 aliphatic carbocycles. The van der Waals surface area contributed by atoms with Gasteiger partial charge in [-0.05, 0) is 50.3 Å². The molecule has 0 radical (unpaired) electrons. The molecule has 4 rings (SSSR count). The lowest BCUT2D eigenvalue weighted by Crippen LogP contribution is -2.54. The Morgan fingerprint density at radius 3 is 2.52 bits per heavy atom. The van der Waals surface area contributed by atoms with E-state index in [1.807, 2.05) is 18.2 Å². The highest BCUT2D eigenvalue weighted by molar-refractivity contribution is 7.80. The van der Waals surface area contributed by atoms with Crippen LogP contribution in [-0.2, 0) is 0 Å². The summed E-state index contributed by atoms with van der Waals surface area (Å²) in [7, 11) is 0. The second kappa shape index (κ2) is 7.64. The SMILES string of the molecule is Cc1ccc(N2CCN(C(=S)Nc3ccc4c(c3)OCCO4)C[C@H]2C)cc1. The van der Waals surface area contributed by atoms with Crippen molar-refractivity contribution in [2.75, 3.05) is 43.1 Å². The molecule has 0 bridgehead atoms. The Labute approximate surface area is 165 Å². The molecule has 0 saturated carbocycles. The van der Waals surface area contributed by atoms with Gasteiger partial charge in [-0.25, -0.2) is 0 Å². The van der Waals surface area contributed by atoms with Crippen molar-refractivity contribution in [3.63, 3.8) is 0 Å². The van der Waals surface area contributed by atoms with E-state index in [1.54, 1.807) is 0 Å². The molecule has 142 valence electrons. The number of hydrogen-bond acceptors (Lipinski definition) is 4. The standard InChI is InChI=1S/C21H25N3O2S/c1-15-3-6-18(7-4-15)24-10-9-23(14-16(24)2)21(27)22-17-5-8-19-20(13-17)26-12-11-25-19/h3-8,13,16H,9-12,14H2,1-2H3,(H,22,27)/t16-/m1/s1. The molecule has 2 aliphatic heterocycles. The summed E-state index contributed by atoms with van der Waals surface area (Å²) >= 11 is 5.66. The molecule has 0 unspecified atom stereocenters. The van der Waals surface area contributed by atoms with E-state index in [2.05, 4.69) is 53.2 Å². The zero-order chi connectivity index (χ0) is 18.8. The fraction of sp³-hybridized carbons (Fsp3) is 0.381. The van der Waals surface area contributed by atoms with Gasteiger partial charge in [-0.3, -0.25) is 0 Å². The predicted molar refractivity (Wildman–Crippen MR) is 113 cm³/mol. The lowest BCUT2D eigenvalue weighted by Gasteiger charge is -2.42. The number of fused-ring (bicyclic) bond motifs is 1. The Morgan fingerprint density at radius 2 is 1.78 bits per heavy atom. The van der Waals surface area contributed by atoms with E-state index >= 15 is 0 Å². The highest BCUT2D eigenvalue weighted by atomic mass is 32.1. The second-order valence-electron chi connectivity index (χ2n) is 7.11. The third kappa shape index (κ3) is 3.95. The van der Waals surface area contributed by atoms with Crippen molar-refractivity contribution in [2.45, 2.75) is 19.9 Å². The summed E-state index contributed by atoms with van der Waals surface area (Å²) in [6.07, 6.45) is 0. The van der Waals surface area contributed by atoms with Crippen LogP contribution in [0.15, 0.2) is 42.5 Å². The van der Waals surface area contributed by atoms with E-state index in [9.17, 15) is 0 Å². The van der Waals surface area contributed by atoms with Gasteiger partial charge in [-0.15, -0.1) is 0 Å². The Morgan fingerprint density at radius 1 is 1.04 bits per heavy atom. The van der Waals surface area contributed by atoms with E-state index in [0.29, 0.717) is 19.3 Å². The van der Waals surface area contributed by atoms with Gasteiger partial charge in [0.25, 0.3) is 0 Å². The predicted octanol–water partition coefficient (Wildman–Crippen LogP) is 3.67. The number of rotatable bonds is 2. The lowest BCUT2D eigenvalue weighted by atomic mass is 10.1. The first-order valence-electron chi connectivity index (χ1n) is 9.39. The molecule has 5 nitrogen and oxygen atoms in total. The molecule has 0 spiro atoms. The zero-order valence-electron chi connectivity index (χ0n) is 15.8. The number of nitrogens with one attached hydrogen (secondary N) is 1. The van der Waals surface area contributed by atoms with Crippen LogP contribution in [0.3, 0.4) is 0 Å². The molecule has 1 fully saturated rings. The van der Waals surface area contributed by atoms with Crippen molar-refractivity contribution in [2.24, 2.45) is 0 Å². The number of piperazine rings is 1. The fourth-order valence-electron chi connectivity index (χ4n) is 3.59. The summed E-state index contributed by atoms with van der Waals surface area (Å²) < 4.78 is 11.2. The Bertz CT molecular complexity index is 825. The molecular weight excluding hydrogens is 358 g/mol. The minimum atomic E-state index is 0.390. The lowest BCUT2D eigenvalue weighted by molar-refractivity contribution is 0.171. The van der Waals surface area contributed by atoms with Crippen LogP contribution in [0.2, 0.25) is 0 Å². The molecule has 2 aromatic rings. The van der Waals surface area contributed by atoms with Crippen LogP contribution in [0.25, 0.3) is 0 Å². The minimum absolute atomic E-state index is 0.390. The van der Waals surface area contributed by atoms with E-state index in [0.717, 1.165) is 41.9 Å². The highest BCUT2D eigenvalue weighted by Gasteiger charge is 2.25. The van der Waals surface area contributed by atoms with Crippen LogP contribution in [0.5, 0.6) is 11.5 Å². The van der Waals surface area contributed by atoms with Crippen LogP contribution < -0.4 is 19.7 Å². The molecule has 6 heteroatoms. The van der Waals surface area contributed by atoms with Crippen molar-refractivity contribution in [1.82, 2.24) is 4.90 Å². The van der Waals surface area contributed by atoms with Crippen molar-refractivity contribution in [1.29, 1.82) is 0 Å². The first-order chi connectivity index (χ1) is 13.1. The van der Waals surface area contributed by atoms with Crippen LogP contribution >= 0.6 is 12.2 Å². The smallest absolute Gasteiger partial charge is 0.173 e. The molecule has 1 N–H and O–H groups in total. The van der Waals surface area contributed by atoms with Crippen LogP contribution in [0.4, 0.5) is 11.4 Å². The van der Waals surface area contributed by atoms with E-state index in [4.69, 9.17) is 21.7 Å². The van der Waals surface area contributed by atoms with Gasteiger partial charge in [0.15, 0.2) is 16.6 Å². The third-order valence-electron chi connectivity index (χ3n) is 5.07. The largest absolute Gasteiger partial charge is 0.486 e. The molecule has 0 amide bonds. The monoisotopic (exact) mass is 383 g/mol. The van der Waals surface area contributed by atoms with E-state index in [1.165, 1.54) is 11.3 Å². The quantitative estimate of drug-likeness (QED) is 0.798. The van der Waals surface area contributed by atoms with Crippen LogP contribution in [0, 0.1) is 6.92 Å². The number of thiocarbonyl (C=S) groups is 1. The number of hydrogen-bond donors (Lipinski definition) is 1. The third-order valence-corrected chi connectivity index (χ3v) is 5.43. The first kappa shape index (κ1) is 17.9.